The van der Waals surface area contributed by atoms with Gasteiger partial charge < -0.3 is 9.88 Å². The van der Waals surface area contributed by atoms with E-state index in [-0.39, 0.29) is 23.3 Å². The Labute approximate surface area is 175 Å². The summed E-state index contributed by atoms with van der Waals surface area (Å²) in [5, 5.41) is 12.2. The molecular weight excluding hydrogens is 408 g/mol. The van der Waals surface area contributed by atoms with Crippen LogP contribution < -0.4 is 5.32 Å². The van der Waals surface area contributed by atoms with Crippen molar-refractivity contribution in [3.63, 3.8) is 0 Å². The van der Waals surface area contributed by atoms with Crippen LogP contribution in [0.5, 0.6) is 0 Å². The Morgan fingerprint density at radius 3 is 2.90 bits per heavy atom. The molecule has 4 rings (SSSR count). The molecule has 1 fully saturated rings. The third kappa shape index (κ3) is 5.01. The summed E-state index contributed by atoms with van der Waals surface area (Å²) in [7, 11) is -0.987. The fourth-order valence-corrected chi connectivity index (χ4v) is 6.78. The summed E-state index contributed by atoms with van der Waals surface area (Å²) in [4.78, 5) is 12.3. The smallest absolute Gasteiger partial charge is 0.225 e. The van der Waals surface area contributed by atoms with Gasteiger partial charge in [-0.05, 0) is 54.9 Å². The molecule has 1 amide bonds. The van der Waals surface area contributed by atoms with E-state index in [0.717, 1.165) is 29.5 Å². The molecule has 1 aliphatic heterocycles. The summed E-state index contributed by atoms with van der Waals surface area (Å²) in [6, 6.07) is 6.18. The molecule has 0 radical (unpaired) electrons. The zero-order valence-corrected chi connectivity index (χ0v) is 18.2. The summed E-state index contributed by atoms with van der Waals surface area (Å²) >= 11 is 1.49. The van der Waals surface area contributed by atoms with Gasteiger partial charge in [-0.15, -0.1) is 10.2 Å². The second-order valence-electron chi connectivity index (χ2n) is 7.91. The van der Waals surface area contributed by atoms with Crippen molar-refractivity contribution in [2.75, 3.05) is 22.6 Å². The van der Waals surface area contributed by atoms with Gasteiger partial charge in [0, 0.05) is 31.3 Å². The van der Waals surface area contributed by atoms with E-state index >= 15 is 0 Å². The standard InChI is InChI=1S/C20H26N4O3S2/c1-24-18(11-14-8-10-29(26,27)13-14)22-23-20(24)28-9-7-19(25)21-17-6-5-15-3-2-4-16(15)12-17/h5-6,12,14H,2-4,7-11,13H2,1H3,(H,21,25). The number of hydrogen-bond donors (Lipinski definition) is 1. The third-order valence-corrected chi connectivity index (χ3v) is 8.52. The van der Waals surface area contributed by atoms with Gasteiger partial charge in [0.25, 0.3) is 0 Å². The van der Waals surface area contributed by atoms with Gasteiger partial charge in [0.15, 0.2) is 15.0 Å². The largest absolute Gasteiger partial charge is 0.326 e. The first kappa shape index (κ1) is 20.4. The van der Waals surface area contributed by atoms with E-state index in [0.29, 0.717) is 25.0 Å². The summed E-state index contributed by atoms with van der Waals surface area (Å²) < 4.78 is 25.2. The van der Waals surface area contributed by atoms with Crippen molar-refractivity contribution in [3.05, 3.63) is 35.2 Å². The minimum absolute atomic E-state index is 0.00555. The highest BCUT2D eigenvalue weighted by Crippen LogP contribution is 2.26. The number of anilines is 1. The van der Waals surface area contributed by atoms with E-state index in [1.54, 1.807) is 0 Å². The van der Waals surface area contributed by atoms with Crippen molar-refractivity contribution in [1.29, 1.82) is 0 Å². The van der Waals surface area contributed by atoms with Crippen molar-refractivity contribution in [2.45, 2.75) is 43.7 Å². The van der Waals surface area contributed by atoms with Crippen molar-refractivity contribution in [1.82, 2.24) is 14.8 Å². The number of nitrogens with one attached hydrogen (secondary N) is 1. The minimum atomic E-state index is -2.88. The fourth-order valence-electron chi connectivity index (χ4n) is 4.05. The summed E-state index contributed by atoms with van der Waals surface area (Å²) in [5.41, 5.74) is 3.61. The molecule has 1 aromatic heterocycles. The molecule has 1 atom stereocenters. The maximum atomic E-state index is 12.3. The zero-order chi connectivity index (χ0) is 20.4. The lowest BCUT2D eigenvalue weighted by molar-refractivity contribution is -0.115. The Morgan fingerprint density at radius 2 is 2.10 bits per heavy atom. The number of nitrogens with zero attached hydrogens (tertiary/aromatic N) is 3. The molecule has 9 heteroatoms. The Morgan fingerprint density at radius 1 is 1.28 bits per heavy atom. The van der Waals surface area contributed by atoms with Crippen LogP contribution in [0, 0.1) is 5.92 Å². The van der Waals surface area contributed by atoms with Crippen LogP contribution in [0.3, 0.4) is 0 Å². The van der Waals surface area contributed by atoms with Gasteiger partial charge in [0.2, 0.25) is 5.91 Å². The Bertz CT molecular complexity index is 1020. The lowest BCUT2D eigenvalue weighted by atomic mass is 10.1. The van der Waals surface area contributed by atoms with E-state index in [9.17, 15) is 13.2 Å². The molecule has 7 nitrogen and oxygen atoms in total. The van der Waals surface area contributed by atoms with Crippen LogP contribution in [0.15, 0.2) is 23.4 Å². The number of sulfone groups is 1. The molecule has 1 aromatic carbocycles. The molecule has 2 aromatic rings. The lowest BCUT2D eigenvalue weighted by Crippen LogP contribution is -2.13. The fraction of sp³-hybridized carbons (Fsp3) is 0.550. The monoisotopic (exact) mass is 434 g/mol. The van der Waals surface area contributed by atoms with E-state index in [4.69, 9.17) is 0 Å². The van der Waals surface area contributed by atoms with Crippen molar-refractivity contribution in [3.8, 4) is 0 Å². The number of carbonyl (C=O) groups excluding carboxylic acids is 1. The van der Waals surface area contributed by atoms with Crippen LogP contribution in [0.25, 0.3) is 0 Å². The number of aryl methyl sites for hydroxylation is 2. The third-order valence-electron chi connectivity index (χ3n) is 5.67. The van der Waals surface area contributed by atoms with Gasteiger partial charge in [-0.2, -0.15) is 0 Å². The van der Waals surface area contributed by atoms with Crippen molar-refractivity contribution in [2.24, 2.45) is 13.0 Å². The number of rotatable bonds is 7. The van der Waals surface area contributed by atoms with Crippen LogP contribution in [0.4, 0.5) is 5.69 Å². The second-order valence-corrected chi connectivity index (χ2v) is 11.2. The quantitative estimate of drug-likeness (QED) is 0.673. The van der Waals surface area contributed by atoms with Gasteiger partial charge in [-0.25, -0.2) is 8.42 Å². The molecule has 0 bridgehead atoms. The lowest BCUT2D eigenvalue weighted by Gasteiger charge is -2.08. The number of aromatic nitrogens is 3. The highest BCUT2D eigenvalue weighted by atomic mass is 32.2. The Kier molecular flexibility index (Phi) is 5.96. The molecule has 29 heavy (non-hydrogen) atoms. The molecular formula is C20H26N4O3S2. The summed E-state index contributed by atoms with van der Waals surface area (Å²) in [6.45, 7) is 0. The number of fused-ring (bicyclic) bond motifs is 1. The molecule has 2 aliphatic rings. The molecule has 0 spiro atoms. The first-order chi connectivity index (χ1) is 13.9. The average Bonchev–Trinajstić information content (AvgIpc) is 3.36. The van der Waals surface area contributed by atoms with Crippen LogP contribution in [0.2, 0.25) is 0 Å². The normalized spacial score (nSPS) is 20.0. The van der Waals surface area contributed by atoms with E-state index in [1.807, 2.05) is 17.7 Å². The molecule has 1 aliphatic carbocycles. The SMILES string of the molecule is Cn1c(CC2CCS(=O)(=O)C2)nnc1SCCC(=O)Nc1ccc2c(c1)CCC2. The number of benzene rings is 1. The number of hydrogen-bond acceptors (Lipinski definition) is 6. The highest BCUT2D eigenvalue weighted by Gasteiger charge is 2.29. The van der Waals surface area contributed by atoms with Crippen molar-refractivity contribution < 1.29 is 13.2 Å². The predicted octanol–water partition coefficient (Wildman–Crippen LogP) is 2.40. The van der Waals surface area contributed by atoms with Crippen LogP contribution in [-0.2, 0) is 40.9 Å². The van der Waals surface area contributed by atoms with E-state index in [1.165, 1.54) is 29.3 Å². The molecule has 1 unspecified atom stereocenters. The van der Waals surface area contributed by atoms with Crippen LogP contribution >= 0.6 is 11.8 Å². The predicted molar refractivity (Wildman–Crippen MR) is 114 cm³/mol. The van der Waals surface area contributed by atoms with Gasteiger partial charge in [-0.1, -0.05) is 17.8 Å². The number of thioether (sulfide) groups is 1. The first-order valence-corrected chi connectivity index (χ1v) is 12.8. The van der Waals surface area contributed by atoms with E-state index in [2.05, 4.69) is 27.6 Å². The average molecular weight is 435 g/mol. The molecule has 1 N–H and O–H groups in total. The second kappa shape index (κ2) is 8.47. The summed E-state index contributed by atoms with van der Waals surface area (Å²) in [5.74, 6) is 2.05. The Balaban J connectivity index is 1.25. The Hall–Kier alpha value is -1.87. The first-order valence-electron chi connectivity index (χ1n) is 10.0. The topological polar surface area (TPSA) is 93.9 Å². The number of carbonyl (C=O) groups is 1. The minimum Gasteiger partial charge on any atom is -0.326 e. The molecule has 1 saturated heterocycles. The maximum absolute atomic E-state index is 12.3. The van der Waals surface area contributed by atoms with Crippen LogP contribution in [0.1, 0.15) is 36.2 Å². The van der Waals surface area contributed by atoms with Gasteiger partial charge in [-0.3, -0.25) is 4.79 Å². The maximum Gasteiger partial charge on any atom is 0.225 e. The molecule has 2 heterocycles. The van der Waals surface area contributed by atoms with Crippen LogP contribution in [-0.4, -0.2) is 46.3 Å². The van der Waals surface area contributed by atoms with Gasteiger partial charge >= 0.3 is 0 Å². The van der Waals surface area contributed by atoms with E-state index < -0.39 is 9.84 Å². The van der Waals surface area contributed by atoms with Crippen molar-refractivity contribution >= 4 is 33.2 Å². The molecule has 0 saturated carbocycles. The van der Waals surface area contributed by atoms with Gasteiger partial charge in [0.05, 0.1) is 11.5 Å². The summed E-state index contributed by atoms with van der Waals surface area (Å²) in [6.07, 6.45) is 5.14. The number of amides is 1. The molecule has 156 valence electrons. The highest BCUT2D eigenvalue weighted by molar-refractivity contribution is 7.99. The zero-order valence-electron chi connectivity index (χ0n) is 16.6. The van der Waals surface area contributed by atoms with Gasteiger partial charge in [0.1, 0.15) is 5.82 Å².